The van der Waals surface area contributed by atoms with Crippen molar-refractivity contribution in [3.05, 3.63) is 11.6 Å². The van der Waals surface area contributed by atoms with Crippen molar-refractivity contribution < 1.29 is 9.53 Å². The predicted molar refractivity (Wildman–Crippen MR) is 36.8 cm³/mol. The van der Waals surface area contributed by atoms with Crippen molar-refractivity contribution in [2.24, 2.45) is 5.73 Å². The van der Waals surface area contributed by atoms with E-state index in [0.717, 1.165) is 0 Å². The summed E-state index contributed by atoms with van der Waals surface area (Å²) in [6.07, 6.45) is 1.60. The summed E-state index contributed by atoms with van der Waals surface area (Å²) in [7, 11) is 0. The van der Waals surface area contributed by atoms with Crippen LogP contribution in [0.3, 0.4) is 0 Å². The second-order valence-electron chi connectivity index (χ2n) is 1.55. The van der Waals surface area contributed by atoms with Gasteiger partial charge in [-0.1, -0.05) is 11.3 Å². The number of primary amides is 1. The molecule has 0 aliphatic carbocycles. The quantitative estimate of drug-likeness (QED) is 0.673. The average molecular weight is 158 g/mol. The molecule has 4 nitrogen and oxygen atoms in total. The standard InChI is InChI=1S/C5H6N2O2S/c6-4(8)3-9-5-7-1-2-10-5/h1-2H,3H2,(H2,6,8). The molecule has 1 amide bonds. The van der Waals surface area contributed by atoms with Crippen molar-refractivity contribution in [1.82, 2.24) is 4.98 Å². The smallest absolute Gasteiger partial charge is 0.273 e. The maximum absolute atomic E-state index is 10.2. The number of aromatic nitrogens is 1. The summed E-state index contributed by atoms with van der Waals surface area (Å²) in [4.78, 5) is 13.9. The third-order valence-electron chi connectivity index (χ3n) is 0.748. The molecule has 0 spiro atoms. The average Bonchev–Trinajstić information content (AvgIpc) is 2.34. The van der Waals surface area contributed by atoms with Gasteiger partial charge in [0.2, 0.25) is 0 Å². The molecule has 0 fully saturated rings. The number of carbonyl (C=O) groups is 1. The topological polar surface area (TPSA) is 65.2 Å². The Labute approximate surface area is 61.6 Å². The van der Waals surface area contributed by atoms with Crippen LogP contribution in [0.1, 0.15) is 0 Å². The van der Waals surface area contributed by atoms with Crippen LogP contribution in [0.4, 0.5) is 0 Å². The third kappa shape index (κ3) is 2.02. The van der Waals surface area contributed by atoms with Gasteiger partial charge in [-0.25, -0.2) is 4.98 Å². The lowest BCUT2D eigenvalue weighted by atomic mass is 10.7. The molecule has 0 saturated carbocycles. The van der Waals surface area contributed by atoms with E-state index in [4.69, 9.17) is 10.5 Å². The zero-order valence-corrected chi connectivity index (χ0v) is 5.93. The fraction of sp³-hybridized carbons (Fsp3) is 0.200. The van der Waals surface area contributed by atoms with Crippen LogP contribution < -0.4 is 10.5 Å². The van der Waals surface area contributed by atoms with E-state index in [2.05, 4.69) is 4.98 Å². The number of ether oxygens (including phenoxy) is 1. The van der Waals surface area contributed by atoms with Gasteiger partial charge < -0.3 is 10.5 Å². The molecule has 10 heavy (non-hydrogen) atoms. The van der Waals surface area contributed by atoms with Crippen molar-refractivity contribution in [3.63, 3.8) is 0 Å². The minimum Gasteiger partial charge on any atom is -0.460 e. The molecule has 0 saturated heterocycles. The van der Waals surface area contributed by atoms with E-state index in [-0.39, 0.29) is 6.61 Å². The first kappa shape index (κ1) is 7.01. The number of rotatable bonds is 3. The van der Waals surface area contributed by atoms with Crippen molar-refractivity contribution in [3.8, 4) is 5.19 Å². The van der Waals surface area contributed by atoms with Crippen molar-refractivity contribution in [1.29, 1.82) is 0 Å². The van der Waals surface area contributed by atoms with Crippen LogP contribution in [0.15, 0.2) is 11.6 Å². The van der Waals surface area contributed by atoms with Crippen molar-refractivity contribution in [2.45, 2.75) is 0 Å². The lowest BCUT2D eigenvalue weighted by Gasteiger charge is -1.95. The molecule has 0 aliphatic heterocycles. The molecule has 1 aromatic heterocycles. The van der Waals surface area contributed by atoms with E-state index in [9.17, 15) is 4.79 Å². The lowest BCUT2D eigenvalue weighted by Crippen LogP contribution is -2.19. The van der Waals surface area contributed by atoms with Crippen molar-refractivity contribution >= 4 is 17.2 Å². The molecular weight excluding hydrogens is 152 g/mol. The molecule has 0 bridgehead atoms. The Kier molecular flexibility index (Phi) is 2.22. The van der Waals surface area contributed by atoms with Crippen LogP contribution in [0.2, 0.25) is 0 Å². The Balaban J connectivity index is 2.35. The SMILES string of the molecule is NC(=O)COc1nccs1. The first-order valence-corrected chi connectivity index (χ1v) is 3.47. The maximum atomic E-state index is 10.2. The second-order valence-corrected chi connectivity index (χ2v) is 2.41. The van der Waals surface area contributed by atoms with Crippen LogP contribution >= 0.6 is 11.3 Å². The molecule has 0 atom stereocenters. The largest absolute Gasteiger partial charge is 0.460 e. The normalized spacial score (nSPS) is 9.20. The van der Waals surface area contributed by atoms with Gasteiger partial charge in [-0.3, -0.25) is 4.79 Å². The van der Waals surface area contributed by atoms with Gasteiger partial charge in [-0.15, -0.1) is 0 Å². The maximum Gasteiger partial charge on any atom is 0.273 e. The molecule has 1 heterocycles. The number of thiazole rings is 1. The van der Waals surface area contributed by atoms with Gasteiger partial charge in [-0.2, -0.15) is 0 Å². The summed E-state index contributed by atoms with van der Waals surface area (Å²) >= 11 is 1.32. The van der Waals surface area contributed by atoms with Gasteiger partial charge in [0.05, 0.1) is 0 Å². The van der Waals surface area contributed by atoms with Gasteiger partial charge in [0, 0.05) is 11.6 Å². The number of amides is 1. The van der Waals surface area contributed by atoms with Gasteiger partial charge in [0.25, 0.3) is 11.1 Å². The summed E-state index contributed by atoms with van der Waals surface area (Å²) in [6, 6.07) is 0. The molecule has 0 radical (unpaired) electrons. The highest BCUT2D eigenvalue weighted by molar-refractivity contribution is 7.11. The highest BCUT2D eigenvalue weighted by Gasteiger charge is 1.97. The van der Waals surface area contributed by atoms with E-state index in [1.54, 1.807) is 11.6 Å². The summed E-state index contributed by atoms with van der Waals surface area (Å²) in [5.74, 6) is -0.491. The van der Waals surface area contributed by atoms with Crippen LogP contribution in [0.25, 0.3) is 0 Å². The van der Waals surface area contributed by atoms with Crippen LogP contribution in [0.5, 0.6) is 5.19 Å². The third-order valence-corrected chi connectivity index (χ3v) is 1.43. The molecule has 0 aliphatic rings. The summed E-state index contributed by atoms with van der Waals surface area (Å²) < 4.78 is 4.84. The van der Waals surface area contributed by atoms with E-state index >= 15 is 0 Å². The van der Waals surface area contributed by atoms with Crippen LogP contribution in [-0.4, -0.2) is 17.5 Å². The molecule has 5 heteroatoms. The summed E-state index contributed by atoms with van der Waals surface area (Å²) in [5, 5.41) is 2.23. The second kappa shape index (κ2) is 3.17. The Morgan fingerprint density at radius 2 is 2.70 bits per heavy atom. The van der Waals surface area contributed by atoms with E-state index < -0.39 is 5.91 Å². The first-order valence-electron chi connectivity index (χ1n) is 2.59. The van der Waals surface area contributed by atoms with Gasteiger partial charge >= 0.3 is 0 Å². The number of hydrogen-bond donors (Lipinski definition) is 1. The minimum atomic E-state index is -0.491. The number of nitrogens with zero attached hydrogens (tertiary/aromatic N) is 1. The fourth-order valence-electron chi connectivity index (χ4n) is 0.415. The zero-order valence-electron chi connectivity index (χ0n) is 5.11. The highest BCUT2D eigenvalue weighted by Crippen LogP contribution is 2.12. The molecule has 0 aromatic carbocycles. The molecule has 1 rings (SSSR count). The van der Waals surface area contributed by atoms with Gasteiger partial charge in [0.15, 0.2) is 6.61 Å². The molecule has 1 aromatic rings. The van der Waals surface area contributed by atoms with Crippen LogP contribution in [-0.2, 0) is 4.79 Å². The predicted octanol–water partition coefficient (Wildman–Crippen LogP) is 0.00720. The van der Waals surface area contributed by atoms with E-state index in [1.165, 1.54) is 11.3 Å². The highest BCUT2D eigenvalue weighted by atomic mass is 32.1. The summed E-state index contributed by atoms with van der Waals surface area (Å²) in [6.45, 7) is -0.104. The number of carbonyl (C=O) groups excluding carboxylic acids is 1. The van der Waals surface area contributed by atoms with Crippen LogP contribution in [0, 0.1) is 0 Å². The molecule has 2 N–H and O–H groups in total. The van der Waals surface area contributed by atoms with E-state index in [0.29, 0.717) is 5.19 Å². The van der Waals surface area contributed by atoms with Gasteiger partial charge in [0.1, 0.15) is 0 Å². The number of hydrogen-bond acceptors (Lipinski definition) is 4. The zero-order chi connectivity index (χ0) is 7.40. The summed E-state index contributed by atoms with van der Waals surface area (Å²) in [5.41, 5.74) is 4.82. The first-order chi connectivity index (χ1) is 4.79. The molecule has 54 valence electrons. The Morgan fingerprint density at radius 3 is 3.20 bits per heavy atom. The van der Waals surface area contributed by atoms with Crippen molar-refractivity contribution in [2.75, 3.05) is 6.61 Å². The Morgan fingerprint density at radius 1 is 1.90 bits per heavy atom. The number of nitrogens with two attached hydrogens (primary N) is 1. The monoisotopic (exact) mass is 158 g/mol. The fourth-order valence-corrected chi connectivity index (χ4v) is 0.901. The van der Waals surface area contributed by atoms with E-state index in [1.807, 2.05) is 0 Å². The van der Waals surface area contributed by atoms with Gasteiger partial charge in [-0.05, 0) is 0 Å². The Bertz CT molecular complexity index is 209. The molecular formula is C5H6N2O2S. The minimum absolute atomic E-state index is 0.104. The Hall–Kier alpha value is -1.10. The lowest BCUT2D eigenvalue weighted by molar-refractivity contribution is -0.119. The molecule has 0 unspecified atom stereocenters.